The highest BCUT2D eigenvalue weighted by Gasteiger charge is 2.13. The normalized spacial score (nSPS) is 15.1. The minimum atomic E-state index is -1.23. The van der Waals surface area contributed by atoms with Crippen molar-refractivity contribution in [3.63, 3.8) is 0 Å². The van der Waals surface area contributed by atoms with Crippen molar-refractivity contribution in [3.05, 3.63) is 28.2 Å². The second kappa shape index (κ2) is 5.12. The fourth-order valence-electron chi connectivity index (χ4n) is 1.02. The first-order valence-electron chi connectivity index (χ1n) is 4.10. The lowest BCUT2D eigenvalue weighted by Gasteiger charge is -2.08. The van der Waals surface area contributed by atoms with Gasteiger partial charge in [0.2, 0.25) is 0 Å². The Hall–Kier alpha value is -0.0900. The van der Waals surface area contributed by atoms with Crippen molar-refractivity contribution in [2.45, 2.75) is 17.9 Å². The molecule has 1 aromatic carbocycles. The summed E-state index contributed by atoms with van der Waals surface area (Å²) in [5.41, 5.74) is 5.55. The van der Waals surface area contributed by atoms with E-state index in [9.17, 15) is 4.21 Å². The van der Waals surface area contributed by atoms with Gasteiger partial charge in [-0.3, -0.25) is 4.21 Å². The molecule has 0 saturated heterocycles. The molecule has 0 saturated carbocycles. The number of hydrogen-bond acceptors (Lipinski definition) is 2. The van der Waals surface area contributed by atoms with Crippen molar-refractivity contribution in [3.8, 4) is 0 Å². The van der Waals surface area contributed by atoms with Crippen LogP contribution in [0.1, 0.15) is 6.92 Å². The SMILES string of the molecule is CC(N)CS(=O)c1c(Cl)cccc1Cl. The Morgan fingerprint density at radius 1 is 1.43 bits per heavy atom. The summed E-state index contributed by atoms with van der Waals surface area (Å²) in [6.07, 6.45) is 0. The van der Waals surface area contributed by atoms with E-state index >= 15 is 0 Å². The van der Waals surface area contributed by atoms with Gasteiger partial charge in [-0.2, -0.15) is 0 Å². The van der Waals surface area contributed by atoms with Crippen molar-refractivity contribution >= 4 is 34.0 Å². The molecule has 0 amide bonds. The number of nitrogens with two attached hydrogens (primary N) is 1. The Bertz CT molecular complexity index is 334. The fraction of sp³-hybridized carbons (Fsp3) is 0.333. The molecular weight excluding hydrogens is 241 g/mol. The van der Waals surface area contributed by atoms with Crippen molar-refractivity contribution < 1.29 is 4.21 Å². The molecule has 5 heteroatoms. The number of rotatable bonds is 3. The zero-order chi connectivity index (χ0) is 10.7. The summed E-state index contributed by atoms with van der Waals surface area (Å²) in [6.45, 7) is 1.79. The van der Waals surface area contributed by atoms with Crippen LogP contribution in [0.3, 0.4) is 0 Å². The van der Waals surface area contributed by atoms with Gasteiger partial charge in [0.15, 0.2) is 0 Å². The van der Waals surface area contributed by atoms with E-state index in [1.54, 1.807) is 25.1 Å². The molecule has 78 valence electrons. The van der Waals surface area contributed by atoms with Crippen LogP contribution in [-0.4, -0.2) is 16.0 Å². The van der Waals surface area contributed by atoms with Crippen LogP contribution in [0.5, 0.6) is 0 Å². The summed E-state index contributed by atoms with van der Waals surface area (Å²) < 4.78 is 11.8. The lowest BCUT2D eigenvalue weighted by Crippen LogP contribution is -2.23. The molecule has 14 heavy (non-hydrogen) atoms. The van der Waals surface area contributed by atoms with Crippen LogP contribution in [0.15, 0.2) is 23.1 Å². The molecule has 0 aromatic heterocycles. The van der Waals surface area contributed by atoms with Crippen LogP contribution in [0.25, 0.3) is 0 Å². The van der Waals surface area contributed by atoms with Gasteiger partial charge < -0.3 is 5.73 Å². The first kappa shape index (κ1) is 12.0. The smallest absolute Gasteiger partial charge is 0.0760 e. The first-order chi connectivity index (χ1) is 6.52. The topological polar surface area (TPSA) is 43.1 Å². The summed E-state index contributed by atoms with van der Waals surface area (Å²) in [4.78, 5) is 0.480. The Balaban J connectivity index is 3.00. The molecule has 0 spiro atoms. The zero-order valence-electron chi connectivity index (χ0n) is 7.67. The molecule has 0 radical (unpaired) electrons. The molecule has 2 N–H and O–H groups in total. The molecule has 0 aliphatic heterocycles. The molecule has 1 rings (SSSR count). The highest BCUT2D eigenvalue weighted by Crippen LogP contribution is 2.27. The van der Waals surface area contributed by atoms with Gasteiger partial charge in [0.25, 0.3) is 0 Å². The molecule has 0 bridgehead atoms. The average Bonchev–Trinajstić information content (AvgIpc) is 2.01. The largest absolute Gasteiger partial charge is 0.327 e. The standard InChI is InChI=1S/C9H11Cl2NOS/c1-6(12)5-14(13)9-7(10)3-2-4-8(9)11/h2-4,6H,5,12H2,1H3. The van der Waals surface area contributed by atoms with Gasteiger partial charge in [0, 0.05) is 11.8 Å². The third-order valence-corrected chi connectivity index (χ3v) is 4.14. The van der Waals surface area contributed by atoms with Gasteiger partial charge in [0.05, 0.1) is 25.7 Å². The Labute approximate surface area is 95.8 Å². The van der Waals surface area contributed by atoms with Crippen LogP contribution in [-0.2, 0) is 10.8 Å². The van der Waals surface area contributed by atoms with E-state index < -0.39 is 10.8 Å². The van der Waals surface area contributed by atoms with Crippen molar-refractivity contribution in [1.82, 2.24) is 0 Å². The summed E-state index contributed by atoms with van der Waals surface area (Å²) in [6, 6.07) is 4.92. The van der Waals surface area contributed by atoms with Crippen LogP contribution in [0, 0.1) is 0 Å². The molecule has 0 aliphatic rings. The molecule has 2 nitrogen and oxygen atoms in total. The zero-order valence-corrected chi connectivity index (χ0v) is 9.99. The Morgan fingerprint density at radius 2 is 1.93 bits per heavy atom. The summed E-state index contributed by atoms with van der Waals surface area (Å²) in [5, 5.41) is 0.855. The third-order valence-electron chi connectivity index (χ3n) is 1.56. The predicted molar refractivity (Wildman–Crippen MR) is 61.4 cm³/mol. The van der Waals surface area contributed by atoms with Crippen molar-refractivity contribution in [2.24, 2.45) is 5.73 Å². The summed E-state index contributed by atoms with van der Waals surface area (Å²) >= 11 is 11.8. The quantitative estimate of drug-likeness (QED) is 0.897. The molecule has 1 aromatic rings. The second-order valence-electron chi connectivity index (χ2n) is 3.04. The van der Waals surface area contributed by atoms with Crippen molar-refractivity contribution in [1.29, 1.82) is 0 Å². The molecular formula is C9H11Cl2NOS. The lowest BCUT2D eigenvalue weighted by molar-refractivity contribution is 0.676. The molecule has 2 atom stereocenters. The molecule has 0 aliphatic carbocycles. The van der Waals surface area contributed by atoms with E-state index in [4.69, 9.17) is 28.9 Å². The third kappa shape index (κ3) is 2.95. The van der Waals surface area contributed by atoms with E-state index in [-0.39, 0.29) is 6.04 Å². The van der Waals surface area contributed by atoms with Crippen LogP contribution in [0.4, 0.5) is 0 Å². The molecule has 0 heterocycles. The maximum Gasteiger partial charge on any atom is 0.0760 e. The van der Waals surface area contributed by atoms with E-state index in [0.717, 1.165) is 0 Å². The van der Waals surface area contributed by atoms with Gasteiger partial charge in [0.1, 0.15) is 0 Å². The lowest BCUT2D eigenvalue weighted by atomic mass is 10.4. The fourth-order valence-corrected chi connectivity index (χ4v) is 3.15. The minimum Gasteiger partial charge on any atom is -0.327 e. The maximum absolute atomic E-state index is 11.8. The van der Waals surface area contributed by atoms with Crippen LogP contribution in [0.2, 0.25) is 10.0 Å². The van der Waals surface area contributed by atoms with Gasteiger partial charge in [-0.15, -0.1) is 0 Å². The van der Waals surface area contributed by atoms with Gasteiger partial charge >= 0.3 is 0 Å². The van der Waals surface area contributed by atoms with E-state index in [0.29, 0.717) is 20.7 Å². The van der Waals surface area contributed by atoms with Crippen LogP contribution >= 0.6 is 23.2 Å². The molecule has 2 unspecified atom stereocenters. The van der Waals surface area contributed by atoms with Gasteiger partial charge in [-0.05, 0) is 19.1 Å². The van der Waals surface area contributed by atoms with E-state index in [2.05, 4.69) is 0 Å². The number of halogens is 2. The summed E-state index contributed by atoms with van der Waals surface area (Å²) in [5.74, 6) is 0.365. The second-order valence-corrected chi connectivity index (χ2v) is 5.29. The van der Waals surface area contributed by atoms with E-state index in [1.807, 2.05) is 0 Å². The Morgan fingerprint density at radius 3 is 2.36 bits per heavy atom. The predicted octanol–water partition coefficient (Wildman–Crippen LogP) is 2.45. The number of hydrogen-bond donors (Lipinski definition) is 1. The van der Waals surface area contributed by atoms with Crippen LogP contribution < -0.4 is 5.73 Å². The van der Waals surface area contributed by atoms with E-state index in [1.165, 1.54) is 0 Å². The van der Waals surface area contributed by atoms with Gasteiger partial charge in [-0.25, -0.2) is 0 Å². The maximum atomic E-state index is 11.8. The molecule has 0 fully saturated rings. The highest BCUT2D eigenvalue weighted by atomic mass is 35.5. The highest BCUT2D eigenvalue weighted by molar-refractivity contribution is 7.85. The van der Waals surface area contributed by atoms with Crippen molar-refractivity contribution in [2.75, 3.05) is 5.75 Å². The minimum absolute atomic E-state index is 0.136. The monoisotopic (exact) mass is 251 g/mol. The average molecular weight is 252 g/mol. The summed E-state index contributed by atoms with van der Waals surface area (Å²) in [7, 11) is -1.23. The Kier molecular flexibility index (Phi) is 4.38. The first-order valence-corrected chi connectivity index (χ1v) is 6.18. The van der Waals surface area contributed by atoms with Gasteiger partial charge in [-0.1, -0.05) is 29.3 Å². The number of benzene rings is 1.